The lowest BCUT2D eigenvalue weighted by Crippen LogP contribution is -2.48. The van der Waals surface area contributed by atoms with Gasteiger partial charge in [-0.2, -0.15) is 5.26 Å². The second-order valence-corrected chi connectivity index (χ2v) is 7.70. The van der Waals surface area contributed by atoms with E-state index in [1.54, 1.807) is 0 Å². The fourth-order valence-corrected chi connectivity index (χ4v) is 3.92. The van der Waals surface area contributed by atoms with Gasteiger partial charge in [-0.05, 0) is 41.3 Å². The summed E-state index contributed by atoms with van der Waals surface area (Å²) in [5, 5.41) is 8.93. The number of hydrogen-bond donors (Lipinski definition) is 0. The molecule has 3 aromatic carbocycles. The fourth-order valence-electron chi connectivity index (χ4n) is 3.92. The number of rotatable bonds is 5. The number of nitriles is 1. The third-order valence-electron chi connectivity index (χ3n) is 5.63. The van der Waals surface area contributed by atoms with E-state index in [0.717, 1.165) is 50.3 Å². The number of carbonyl (C=O) groups excluding carboxylic acids is 1. The smallest absolute Gasteiger partial charge is 0.254 e. The molecule has 0 saturated carbocycles. The lowest BCUT2D eigenvalue weighted by Gasteiger charge is -2.35. The van der Waals surface area contributed by atoms with Crippen molar-refractivity contribution in [2.45, 2.75) is 13.0 Å². The van der Waals surface area contributed by atoms with Gasteiger partial charge in [0.05, 0.1) is 11.6 Å². The summed E-state index contributed by atoms with van der Waals surface area (Å²) in [5.74, 6) is 0.125. The molecule has 1 amide bonds. The monoisotopic (exact) mass is 395 g/mol. The van der Waals surface area contributed by atoms with Crippen LogP contribution >= 0.6 is 0 Å². The van der Waals surface area contributed by atoms with E-state index in [1.807, 2.05) is 65.6 Å². The maximum Gasteiger partial charge on any atom is 0.254 e. The minimum Gasteiger partial charge on any atom is -0.336 e. The van der Waals surface area contributed by atoms with Gasteiger partial charge in [0, 0.05) is 38.3 Å². The summed E-state index contributed by atoms with van der Waals surface area (Å²) < 4.78 is 0. The normalized spacial score (nSPS) is 14.3. The van der Waals surface area contributed by atoms with Crippen LogP contribution < -0.4 is 0 Å². The lowest BCUT2D eigenvalue weighted by atomic mass is 9.99. The van der Waals surface area contributed by atoms with Crippen molar-refractivity contribution in [2.24, 2.45) is 0 Å². The predicted octanol–water partition coefficient (Wildman–Crippen LogP) is 4.11. The molecule has 1 aliphatic rings. The van der Waals surface area contributed by atoms with Crippen LogP contribution in [0.1, 0.15) is 32.6 Å². The third-order valence-corrected chi connectivity index (χ3v) is 5.63. The molecule has 30 heavy (non-hydrogen) atoms. The van der Waals surface area contributed by atoms with E-state index in [-0.39, 0.29) is 5.91 Å². The number of piperazine rings is 1. The van der Waals surface area contributed by atoms with Gasteiger partial charge in [0.15, 0.2) is 0 Å². The zero-order chi connectivity index (χ0) is 20.8. The van der Waals surface area contributed by atoms with E-state index in [2.05, 4.69) is 29.2 Å². The van der Waals surface area contributed by atoms with Crippen molar-refractivity contribution in [1.29, 1.82) is 5.26 Å². The van der Waals surface area contributed by atoms with Crippen molar-refractivity contribution in [3.8, 4) is 6.07 Å². The van der Waals surface area contributed by atoms with Gasteiger partial charge in [-0.1, -0.05) is 60.7 Å². The van der Waals surface area contributed by atoms with Crippen LogP contribution in [-0.4, -0.2) is 41.9 Å². The summed E-state index contributed by atoms with van der Waals surface area (Å²) in [6.07, 6.45) is 0.765. The topological polar surface area (TPSA) is 47.3 Å². The molecular formula is C26H25N3O. The van der Waals surface area contributed by atoms with E-state index in [4.69, 9.17) is 5.26 Å². The zero-order valence-electron chi connectivity index (χ0n) is 17.0. The van der Waals surface area contributed by atoms with Crippen molar-refractivity contribution in [1.82, 2.24) is 9.80 Å². The maximum absolute atomic E-state index is 13.2. The summed E-state index contributed by atoms with van der Waals surface area (Å²) in [6, 6.07) is 28.1. The Balaban J connectivity index is 1.38. The Morgan fingerprint density at radius 1 is 0.800 bits per heavy atom. The molecule has 0 atom stereocenters. The fraction of sp³-hybridized carbons (Fsp3) is 0.231. The minimum atomic E-state index is 0.125. The number of nitrogens with zero attached hydrogens (tertiary/aromatic N) is 3. The van der Waals surface area contributed by atoms with Gasteiger partial charge in [-0.3, -0.25) is 9.69 Å². The van der Waals surface area contributed by atoms with Gasteiger partial charge in [-0.15, -0.1) is 0 Å². The SMILES string of the molecule is N#Cc1ccc(CN2CCN(C(=O)c3ccccc3Cc3ccccc3)CC2)cc1. The molecule has 1 fully saturated rings. The third kappa shape index (κ3) is 4.76. The molecule has 0 aliphatic carbocycles. The first-order valence-electron chi connectivity index (χ1n) is 10.4. The summed E-state index contributed by atoms with van der Waals surface area (Å²) in [4.78, 5) is 17.6. The first-order chi connectivity index (χ1) is 14.7. The molecule has 0 bridgehead atoms. The predicted molar refractivity (Wildman–Crippen MR) is 118 cm³/mol. The molecule has 1 saturated heterocycles. The molecule has 0 aromatic heterocycles. The van der Waals surface area contributed by atoms with Crippen molar-refractivity contribution in [2.75, 3.05) is 26.2 Å². The highest BCUT2D eigenvalue weighted by atomic mass is 16.2. The van der Waals surface area contributed by atoms with Crippen molar-refractivity contribution >= 4 is 5.91 Å². The van der Waals surface area contributed by atoms with E-state index in [1.165, 1.54) is 11.1 Å². The molecule has 150 valence electrons. The number of benzene rings is 3. The summed E-state index contributed by atoms with van der Waals surface area (Å²) >= 11 is 0. The average molecular weight is 396 g/mol. The second kappa shape index (κ2) is 9.39. The standard InChI is InChI=1S/C26H25N3O/c27-19-22-10-12-23(13-11-22)20-28-14-16-29(17-15-28)26(30)25-9-5-4-8-24(25)18-21-6-2-1-3-7-21/h1-13H,14-18,20H2. The van der Waals surface area contributed by atoms with Crippen molar-refractivity contribution in [3.63, 3.8) is 0 Å². The zero-order valence-corrected chi connectivity index (χ0v) is 17.0. The van der Waals surface area contributed by atoms with Gasteiger partial charge in [-0.25, -0.2) is 0 Å². The highest BCUT2D eigenvalue weighted by Crippen LogP contribution is 2.18. The maximum atomic E-state index is 13.2. The summed E-state index contributed by atoms with van der Waals surface area (Å²) in [5.41, 5.74) is 4.98. The molecule has 4 rings (SSSR count). The van der Waals surface area contributed by atoms with Crippen LogP contribution in [0.5, 0.6) is 0 Å². The van der Waals surface area contributed by atoms with Gasteiger partial charge in [0.25, 0.3) is 5.91 Å². The van der Waals surface area contributed by atoms with Gasteiger partial charge in [0.1, 0.15) is 0 Å². The van der Waals surface area contributed by atoms with Gasteiger partial charge < -0.3 is 4.90 Å². The highest BCUT2D eigenvalue weighted by molar-refractivity contribution is 5.95. The van der Waals surface area contributed by atoms with E-state index in [0.29, 0.717) is 5.56 Å². The van der Waals surface area contributed by atoms with Crippen molar-refractivity contribution in [3.05, 3.63) is 107 Å². The molecule has 4 heteroatoms. The molecule has 0 spiro atoms. The quantitative estimate of drug-likeness (QED) is 0.653. The lowest BCUT2D eigenvalue weighted by molar-refractivity contribution is 0.0627. The summed E-state index contributed by atoms with van der Waals surface area (Å²) in [7, 11) is 0. The molecule has 0 radical (unpaired) electrons. The Morgan fingerprint density at radius 2 is 1.47 bits per heavy atom. The number of hydrogen-bond acceptors (Lipinski definition) is 3. The Kier molecular flexibility index (Phi) is 6.22. The minimum absolute atomic E-state index is 0.125. The van der Waals surface area contributed by atoms with Crippen LogP contribution in [0.4, 0.5) is 0 Å². The Bertz CT molecular complexity index is 1030. The number of amides is 1. The molecule has 4 nitrogen and oxygen atoms in total. The van der Waals surface area contributed by atoms with Crippen LogP contribution in [0.3, 0.4) is 0 Å². The molecule has 1 aliphatic heterocycles. The molecule has 3 aromatic rings. The molecule has 1 heterocycles. The summed E-state index contributed by atoms with van der Waals surface area (Å²) in [6.45, 7) is 4.01. The molecule has 0 N–H and O–H groups in total. The van der Waals surface area contributed by atoms with Crippen molar-refractivity contribution < 1.29 is 4.79 Å². The van der Waals surface area contributed by atoms with Gasteiger partial charge >= 0.3 is 0 Å². The second-order valence-electron chi connectivity index (χ2n) is 7.70. The van der Waals surface area contributed by atoms with E-state index >= 15 is 0 Å². The number of carbonyl (C=O) groups is 1. The first kappa shape index (κ1) is 19.9. The van der Waals surface area contributed by atoms with Crippen LogP contribution in [0.25, 0.3) is 0 Å². The first-order valence-corrected chi connectivity index (χ1v) is 10.4. The Hall–Kier alpha value is -3.42. The largest absolute Gasteiger partial charge is 0.336 e. The van der Waals surface area contributed by atoms with Crippen LogP contribution in [-0.2, 0) is 13.0 Å². The average Bonchev–Trinajstić information content (AvgIpc) is 2.81. The van der Waals surface area contributed by atoms with Gasteiger partial charge in [0.2, 0.25) is 0 Å². The van der Waals surface area contributed by atoms with E-state index in [9.17, 15) is 4.79 Å². The van der Waals surface area contributed by atoms with Crippen LogP contribution in [0.2, 0.25) is 0 Å². The highest BCUT2D eigenvalue weighted by Gasteiger charge is 2.23. The van der Waals surface area contributed by atoms with Crippen LogP contribution in [0, 0.1) is 11.3 Å². The molecule has 0 unspecified atom stereocenters. The Morgan fingerprint density at radius 3 is 2.17 bits per heavy atom. The Labute approximate surface area is 178 Å². The molecular weight excluding hydrogens is 370 g/mol. The van der Waals surface area contributed by atoms with Crippen LogP contribution in [0.15, 0.2) is 78.9 Å². The van der Waals surface area contributed by atoms with E-state index < -0.39 is 0 Å².